The van der Waals surface area contributed by atoms with Crippen LogP contribution in [0, 0.1) is 11.7 Å². The van der Waals surface area contributed by atoms with Crippen molar-refractivity contribution in [3.8, 4) is 11.5 Å². The quantitative estimate of drug-likeness (QED) is 0.405. The van der Waals surface area contributed by atoms with E-state index in [0.29, 0.717) is 22.5 Å². The molecule has 1 saturated heterocycles. The maximum absolute atomic E-state index is 14.0. The van der Waals surface area contributed by atoms with Gasteiger partial charge in [0.05, 0.1) is 29.3 Å². The second-order valence-corrected chi connectivity index (χ2v) is 9.93. The van der Waals surface area contributed by atoms with Crippen LogP contribution in [0.3, 0.4) is 0 Å². The van der Waals surface area contributed by atoms with Gasteiger partial charge in [-0.3, -0.25) is 9.69 Å². The fourth-order valence-electron chi connectivity index (χ4n) is 5.08. The lowest BCUT2D eigenvalue weighted by atomic mass is 9.90. The molecule has 0 unspecified atom stereocenters. The van der Waals surface area contributed by atoms with Crippen LogP contribution in [0.1, 0.15) is 44.9 Å². The van der Waals surface area contributed by atoms with Gasteiger partial charge >= 0.3 is 0 Å². The summed E-state index contributed by atoms with van der Waals surface area (Å²) in [7, 11) is 1.45. The van der Waals surface area contributed by atoms with Crippen molar-refractivity contribution in [1.29, 1.82) is 0 Å². The van der Waals surface area contributed by atoms with Gasteiger partial charge in [0.2, 0.25) is 5.91 Å². The first-order valence-electron chi connectivity index (χ1n) is 12.6. The Morgan fingerprint density at radius 3 is 2.70 bits per heavy atom. The molecule has 4 N–H and O–H groups in total. The van der Waals surface area contributed by atoms with E-state index in [-0.39, 0.29) is 28.3 Å². The zero-order chi connectivity index (χ0) is 26.4. The monoisotopic (exact) mass is 529 g/mol. The van der Waals surface area contributed by atoms with Gasteiger partial charge < -0.3 is 20.9 Å². The Labute approximate surface area is 221 Å². The number of nitrogens with zero attached hydrogens (tertiary/aromatic N) is 3. The van der Waals surface area contributed by atoms with Gasteiger partial charge in [0.25, 0.3) is 0 Å². The van der Waals surface area contributed by atoms with E-state index in [2.05, 4.69) is 20.2 Å². The first-order valence-corrected chi connectivity index (χ1v) is 13.0. The smallest absolute Gasteiger partial charge is 0.221 e. The highest BCUT2D eigenvalue weighted by atomic mass is 35.5. The largest absolute Gasteiger partial charge is 0.504 e. The number of nitrogens with two attached hydrogens (primary N) is 1. The molecule has 0 bridgehead atoms. The van der Waals surface area contributed by atoms with Gasteiger partial charge in [0.1, 0.15) is 12.1 Å². The molecule has 8 nitrogen and oxygen atoms in total. The third kappa shape index (κ3) is 6.59. The molecule has 2 fully saturated rings. The Kier molecular flexibility index (Phi) is 9.00. The summed E-state index contributed by atoms with van der Waals surface area (Å²) in [5, 5.41) is 13.3. The van der Waals surface area contributed by atoms with Crippen LogP contribution in [-0.4, -0.2) is 52.1 Å². The number of carbonyl (C=O) groups is 1. The van der Waals surface area contributed by atoms with Crippen molar-refractivity contribution in [1.82, 2.24) is 14.9 Å². The standard InChI is InChI=1S/C15H11ClFN3O2.C12H22N2O/c1-22-13-6-11-8(5-12(13)21)15(19-7-18-11)20-10-4-2-3-9(16)14(10)17;13-12(15)10-5-4-8-14(9-10)11-6-2-1-3-7-11/h2-7,21H,1H3,(H,18,19,20);10-11H,1-9H2,(H2,13,15)/t;10-/m.0/s1. The second kappa shape index (κ2) is 12.4. The van der Waals surface area contributed by atoms with Gasteiger partial charge in [-0.25, -0.2) is 14.4 Å². The molecule has 1 aromatic heterocycles. The van der Waals surface area contributed by atoms with E-state index >= 15 is 0 Å². The first kappa shape index (κ1) is 26.9. The molecule has 0 spiro atoms. The van der Waals surface area contributed by atoms with Crippen molar-refractivity contribution in [3.05, 3.63) is 47.5 Å². The highest BCUT2D eigenvalue weighted by Crippen LogP contribution is 2.34. The highest BCUT2D eigenvalue weighted by Gasteiger charge is 2.29. The van der Waals surface area contributed by atoms with Crippen molar-refractivity contribution in [2.75, 3.05) is 25.5 Å². The molecular formula is C27H33ClFN5O3. The molecule has 2 aromatic carbocycles. The molecule has 1 aliphatic carbocycles. The number of phenols is 1. The lowest BCUT2D eigenvalue weighted by molar-refractivity contribution is -0.123. The minimum Gasteiger partial charge on any atom is -0.504 e. The van der Waals surface area contributed by atoms with Crippen LogP contribution in [0.15, 0.2) is 36.7 Å². The number of carbonyl (C=O) groups excluding carboxylic acids is 1. The highest BCUT2D eigenvalue weighted by molar-refractivity contribution is 6.31. The van der Waals surface area contributed by atoms with Crippen LogP contribution in [0.25, 0.3) is 10.9 Å². The number of aromatic nitrogens is 2. The average molecular weight is 530 g/mol. The molecule has 1 saturated carbocycles. The summed E-state index contributed by atoms with van der Waals surface area (Å²) in [4.78, 5) is 21.9. The van der Waals surface area contributed by atoms with Gasteiger partial charge in [-0.05, 0) is 50.4 Å². The first-order chi connectivity index (χ1) is 17.9. The summed E-state index contributed by atoms with van der Waals surface area (Å²) < 4.78 is 19.0. The van der Waals surface area contributed by atoms with Gasteiger partial charge in [0, 0.05) is 24.0 Å². The number of likely N-dealkylation sites (tertiary alicyclic amines) is 1. The maximum atomic E-state index is 14.0. The van der Waals surface area contributed by atoms with Crippen molar-refractivity contribution < 1.29 is 19.0 Å². The lowest BCUT2D eigenvalue weighted by Crippen LogP contribution is -2.46. The topological polar surface area (TPSA) is 114 Å². The van der Waals surface area contributed by atoms with Gasteiger partial charge in [0.15, 0.2) is 17.3 Å². The maximum Gasteiger partial charge on any atom is 0.221 e. The van der Waals surface area contributed by atoms with Crippen LogP contribution < -0.4 is 15.8 Å². The number of fused-ring (bicyclic) bond motifs is 1. The Morgan fingerprint density at radius 1 is 1.19 bits per heavy atom. The zero-order valence-electron chi connectivity index (χ0n) is 20.9. The summed E-state index contributed by atoms with van der Waals surface area (Å²) in [5.74, 6) is 0.0273. The Hall–Kier alpha value is -3.17. The number of hydrogen-bond donors (Lipinski definition) is 3. The minimum atomic E-state index is -0.575. The van der Waals surface area contributed by atoms with E-state index in [9.17, 15) is 14.3 Å². The summed E-state index contributed by atoms with van der Waals surface area (Å²) in [6.45, 7) is 2.09. The molecule has 2 aliphatic rings. The number of aromatic hydroxyl groups is 1. The van der Waals surface area contributed by atoms with Crippen molar-refractivity contribution >= 4 is 39.9 Å². The van der Waals surface area contributed by atoms with Crippen molar-refractivity contribution in [2.24, 2.45) is 11.7 Å². The minimum absolute atomic E-state index is 0.00729. The molecule has 198 valence electrons. The fraction of sp³-hybridized carbons (Fsp3) is 0.444. The van der Waals surface area contributed by atoms with Crippen LogP contribution in [0.4, 0.5) is 15.9 Å². The van der Waals surface area contributed by atoms with E-state index < -0.39 is 5.82 Å². The van der Waals surface area contributed by atoms with E-state index in [1.54, 1.807) is 18.2 Å². The summed E-state index contributed by atoms with van der Waals surface area (Å²) >= 11 is 5.76. The molecule has 10 heteroatoms. The van der Waals surface area contributed by atoms with E-state index in [4.69, 9.17) is 22.1 Å². The van der Waals surface area contributed by atoms with E-state index in [1.165, 1.54) is 64.2 Å². The number of anilines is 2. The predicted molar refractivity (Wildman–Crippen MR) is 143 cm³/mol. The zero-order valence-corrected chi connectivity index (χ0v) is 21.7. The number of primary amides is 1. The van der Waals surface area contributed by atoms with Crippen LogP contribution >= 0.6 is 11.6 Å². The number of nitrogens with one attached hydrogen (secondary N) is 1. The molecule has 2 heterocycles. The van der Waals surface area contributed by atoms with Gasteiger partial charge in [-0.2, -0.15) is 0 Å². The second-order valence-electron chi connectivity index (χ2n) is 9.52. The Balaban J connectivity index is 0.000000186. The third-order valence-corrected chi connectivity index (χ3v) is 7.38. The average Bonchev–Trinajstić information content (AvgIpc) is 2.92. The fourth-order valence-corrected chi connectivity index (χ4v) is 5.25. The molecule has 1 amide bonds. The Morgan fingerprint density at radius 2 is 1.97 bits per heavy atom. The van der Waals surface area contributed by atoms with E-state index in [1.807, 2.05) is 0 Å². The van der Waals surface area contributed by atoms with Crippen LogP contribution in [0.5, 0.6) is 11.5 Å². The number of piperidine rings is 1. The number of rotatable bonds is 5. The van der Waals surface area contributed by atoms with Gasteiger partial charge in [-0.15, -0.1) is 0 Å². The summed E-state index contributed by atoms with van der Waals surface area (Å²) in [5.41, 5.74) is 6.13. The van der Waals surface area contributed by atoms with Crippen molar-refractivity contribution in [2.45, 2.75) is 51.0 Å². The number of ether oxygens (including phenoxy) is 1. The Bertz CT molecular complexity index is 1240. The summed E-state index contributed by atoms with van der Waals surface area (Å²) in [6, 6.07) is 8.39. The normalized spacial score (nSPS) is 18.6. The number of phenolic OH excluding ortho intramolecular Hbond substituents is 1. The molecule has 0 radical (unpaired) electrons. The summed E-state index contributed by atoms with van der Waals surface area (Å²) in [6.07, 6.45) is 10.2. The number of benzene rings is 2. The number of halogens is 2. The van der Waals surface area contributed by atoms with Crippen LogP contribution in [0.2, 0.25) is 5.02 Å². The van der Waals surface area contributed by atoms with Gasteiger partial charge in [-0.1, -0.05) is 36.9 Å². The number of hydrogen-bond acceptors (Lipinski definition) is 7. The molecule has 37 heavy (non-hydrogen) atoms. The SMILES string of the molecule is COc1cc2ncnc(Nc3cccc(Cl)c3F)c2cc1O.NC(=O)[C@H]1CCCN(C2CCCCC2)C1. The number of amides is 1. The molecule has 1 atom stereocenters. The van der Waals surface area contributed by atoms with E-state index in [0.717, 1.165) is 25.4 Å². The molecular weight excluding hydrogens is 497 g/mol. The molecule has 1 aliphatic heterocycles. The van der Waals surface area contributed by atoms with Crippen LogP contribution in [-0.2, 0) is 4.79 Å². The molecule has 3 aromatic rings. The third-order valence-electron chi connectivity index (χ3n) is 7.09. The lowest BCUT2D eigenvalue weighted by Gasteiger charge is -2.39. The van der Waals surface area contributed by atoms with Crippen molar-refractivity contribution in [3.63, 3.8) is 0 Å². The predicted octanol–water partition coefficient (Wildman–Crippen LogP) is 5.40. The number of methoxy groups -OCH3 is 1. The molecule has 5 rings (SSSR count).